The van der Waals surface area contributed by atoms with Gasteiger partial charge in [0, 0.05) is 35.2 Å². The number of Topliss-reactive ketones (excluding diaryl/α,β-unsaturated/α-hetero) is 1. The van der Waals surface area contributed by atoms with E-state index in [9.17, 15) is 14.4 Å². The van der Waals surface area contributed by atoms with Crippen LogP contribution < -0.4 is 9.97 Å². The van der Waals surface area contributed by atoms with E-state index >= 15 is 0 Å². The molecular formula is C55H74MgN4O6. The molecule has 0 saturated carbocycles. The average Bonchev–Trinajstić information content (AvgIpc) is 3.99. The molecule has 3 aromatic heterocycles. The van der Waals surface area contributed by atoms with E-state index in [1.807, 2.05) is 44.2 Å². The predicted octanol–water partition coefficient (Wildman–Crippen LogP) is 12.0. The van der Waals surface area contributed by atoms with Crippen molar-refractivity contribution in [2.75, 3.05) is 13.7 Å². The molecule has 0 amide bonds. The fourth-order valence-corrected chi connectivity index (χ4v) is 10.1. The molecule has 11 heteroatoms. The average molecular weight is 912 g/mol. The third-order valence-electron chi connectivity index (χ3n) is 14.2. The van der Waals surface area contributed by atoms with Crippen molar-refractivity contribution in [3.05, 3.63) is 87.0 Å². The minimum atomic E-state index is -1.22. The minimum absolute atomic E-state index is 0. The molecular weight excluding hydrogens is 837 g/mol. The van der Waals surface area contributed by atoms with Gasteiger partial charge in [-0.3, -0.25) is 19.4 Å². The van der Waals surface area contributed by atoms with E-state index in [4.69, 9.17) is 29.4 Å². The van der Waals surface area contributed by atoms with Crippen LogP contribution in [0.2, 0.25) is 0 Å². The fourth-order valence-electron chi connectivity index (χ4n) is 10.1. The van der Waals surface area contributed by atoms with Gasteiger partial charge >= 0.3 is 35.0 Å². The van der Waals surface area contributed by atoms with Gasteiger partial charge in [0.2, 0.25) is 0 Å². The van der Waals surface area contributed by atoms with E-state index in [-0.39, 0.29) is 65.1 Å². The van der Waals surface area contributed by atoms with Crippen LogP contribution in [0.15, 0.2) is 36.4 Å². The summed E-state index contributed by atoms with van der Waals surface area (Å²) in [5, 5.41) is 0. The van der Waals surface area contributed by atoms with Crippen molar-refractivity contribution in [1.82, 2.24) is 19.9 Å². The first kappa shape index (κ1) is 54.3. The Morgan fingerprint density at radius 1 is 0.864 bits per heavy atom. The van der Waals surface area contributed by atoms with Crippen molar-refractivity contribution in [3.8, 4) is 0 Å². The topological polar surface area (TPSA) is 155 Å². The summed E-state index contributed by atoms with van der Waals surface area (Å²) in [7, 11) is 1.30. The Kier molecular flexibility index (Phi) is 19.8. The predicted molar refractivity (Wildman–Crippen MR) is 270 cm³/mol. The molecule has 1 aliphatic carbocycles. The number of esters is 2. The maximum absolute atomic E-state index is 14.4. The Bertz CT molecular complexity index is 2490. The standard InChI is InChI=1S/C55H73N4O5.Mg.H2O/c1-13-39-35(8)42-28-44-37(10)41(24-25-48(60)64-27-26-34(7)23-17-22-33(6)21-16-20-32(5)19-15-18-31(3)4)52(58-44)50-51(55(62)63-12)54(61)49-38(11)45(59-53(49)50)30-47-40(14-2)36(9)43(57-47)29-46(39)56-42;;/h13,26,28-33,37,41,51H,1,14-25,27H2,2-12H3,(H-,56,57,58,59,61);;1H2/q-1;+2;/p-1/b34-26+;;/t32?,33?,37-,41-,51?;;/m0../s1. The second-order valence-electron chi connectivity index (χ2n) is 19.4. The summed E-state index contributed by atoms with van der Waals surface area (Å²) in [6.07, 6.45) is 16.4. The van der Waals surface area contributed by atoms with E-state index in [1.165, 1.54) is 57.6 Å². The number of aromatic nitrogens is 4. The van der Waals surface area contributed by atoms with E-state index in [0.717, 1.165) is 81.5 Å². The van der Waals surface area contributed by atoms with Crippen LogP contribution in [0.5, 0.6) is 0 Å². The van der Waals surface area contributed by atoms with Gasteiger partial charge in [0.1, 0.15) is 12.5 Å². The molecule has 10 nitrogen and oxygen atoms in total. The minimum Gasteiger partial charge on any atom is -0.657 e. The number of rotatable bonds is 20. The molecule has 2 N–H and O–H groups in total. The summed E-state index contributed by atoms with van der Waals surface area (Å²) in [6, 6.07) is 5.95. The molecule has 0 saturated heterocycles. The van der Waals surface area contributed by atoms with Gasteiger partial charge in [-0.1, -0.05) is 134 Å². The van der Waals surface area contributed by atoms with Crippen LogP contribution in [0.3, 0.4) is 0 Å². The molecule has 66 heavy (non-hydrogen) atoms. The quantitative estimate of drug-likeness (QED) is 0.0466. The van der Waals surface area contributed by atoms with Crippen molar-refractivity contribution in [1.29, 1.82) is 0 Å². The monoisotopic (exact) mass is 911 g/mol. The van der Waals surface area contributed by atoms with E-state index in [2.05, 4.69) is 62.0 Å². The maximum atomic E-state index is 14.4. The number of carbonyl (C=O) groups is 3. The summed E-state index contributed by atoms with van der Waals surface area (Å²) >= 11 is 0. The van der Waals surface area contributed by atoms with Gasteiger partial charge in [0.15, 0.2) is 5.78 Å². The molecule has 0 radical (unpaired) electrons. The first-order valence-electron chi connectivity index (χ1n) is 24.0. The van der Waals surface area contributed by atoms with Crippen molar-refractivity contribution < 1.29 is 29.3 Å². The van der Waals surface area contributed by atoms with Crippen LogP contribution in [0.25, 0.3) is 39.3 Å². The Morgan fingerprint density at radius 3 is 2.14 bits per heavy atom. The molecule has 0 spiro atoms. The van der Waals surface area contributed by atoms with Crippen molar-refractivity contribution in [2.24, 2.45) is 17.8 Å². The second-order valence-corrected chi connectivity index (χ2v) is 19.4. The van der Waals surface area contributed by atoms with Crippen molar-refractivity contribution in [2.45, 2.75) is 164 Å². The van der Waals surface area contributed by atoms with Gasteiger partial charge in [-0.2, -0.15) is 0 Å². The number of ether oxygens (including phenoxy) is 2. The number of hydrogen-bond acceptors (Lipinski definition) is 7. The Morgan fingerprint density at radius 2 is 1.50 bits per heavy atom. The van der Waals surface area contributed by atoms with E-state index in [1.54, 1.807) is 0 Å². The Labute approximate surface area is 409 Å². The van der Waals surface area contributed by atoms with Crippen LogP contribution in [-0.2, 0) is 19.1 Å². The molecule has 0 fully saturated rings. The summed E-state index contributed by atoms with van der Waals surface area (Å²) in [4.78, 5) is 61.8. The molecule has 5 atom stereocenters. The Balaban J connectivity index is 0.00000476. The van der Waals surface area contributed by atoms with Crippen LogP contribution in [0, 0.1) is 31.6 Å². The third-order valence-corrected chi connectivity index (χ3v) is 14.2. The van der Waals surface area contributed by atoms with E-state index < -0.39 is 11.9 Å². The smallest absolute Gasteiger partial charge is 0.657 e. The van der Waals surface area contributed by atoms with Crippen LogP contribution in [0.1, 0.15) is 206 Å². The van der Waals surface area contributed by atoms with Crippen molar-refractivity contribution >= 4 is 80.1 Å². The molecule has 3 unspecified atom stereocenters. The molecule has 3 aromatic rings. The molecule has 6 rings (SSSR count). The van der Waals surface area contributed by atoms with Crippen LogP contribution in [0.4, 0.5) is 0 Å². The summed E-state index contributed by atoms with van der Waals surface area (Å²) in [5.41, 5.74) is 12.3. The summed E-state index contributed by atoms with van der Waals surface area (Å²) < 4.78 is 11.0. The van der Waals surface area contributed by atoms with Gasteiger partial charge in [-0.15, -0.1) is 22.1 Å². The van der Waals surface area contributed by atoms with Gasteiger partial charge < -0.3 is 24.9 Å². The first-order chi connectivity index (χ1) is 30.6. The number of hydrogen-bond donors (Lipinski definition) is 0. The third kappa shape index (κ3) is 12.0. The molecule has 0 aromatic carbocycles. The number of fused-ring (bicyclic) bond motifs is 8. The number of allylic oxidation sites excluding steroid dienone is 3. The van der Waals surface area contributed by atoms with Gasteiger partial charge in [-0.05, 0) is 99.5 Å². The molecule has 3 aliphatic rings. The van der Waals surface area contributed by atoms with Crippen molar-refractivity contribution in [3.63, 3.8) is 0 Å². The normalized spacial score (nSPS) is 17.7. The SMILES string of the molecule is C=Cc1c(C)c2cc3nc(c4c5[n-]c(cc6nc(cc1[n-]2)C(C)=C6CC)c(C)c5C(=O)C4C(=O)OC)[C@@H](CCC(=O)OC/C=C(\C)CCCC(C)CCCC(C)CCCC(C)C)[C@@H]3C.O.[Mg+2]. The maximum Gasteiger partial charge on any atom is 2.00 e. The zero-order valence-corrected chi connectivity index (χ0v) is 43.2. The van der Waals surface area contributed by atoms with E-state index in [0.29, 0.717) is 45.8 Å². The molecule has 352 valence electrons. The number of ketones is 1. The molecule has 8 bridgehead atoms. The first-order valence-corrected chi connectivity index (χ1v) is 24.0. The number of methoxy groups -OCH3 is 1. The second kappa shape index (κ2) is 24.1. The van der Waals surface area contributed by atoms with Gasteiger partial charge in [0.25, 0.3) is 0 Å². The molecule has 5 heterocycles. The molecule has 2 aliphatic heterocycles. The summed E-state index contributed by atoms with van der Waals surface area (Å²) in [6.45, 7) is 26.0. The van der Waals surface area contributed by atoms with Crippen LogP contribution >= 0.6 is 0 Å². The van der Waals surface area contributed by atoms with Gasteiger partial charge in [0.05, 0.1) is 18.5 Å². The van der Waals surface area contributed by atoms with Gasteiger partial charge in [-0.25, -0.2) is 4.98 Å². The summed E-state index contributed by atoms with van der Waals surface area (Å²) in [5.74, 6) is -0.711. The Hall–Kier alpha value is -4.32. The van der Waals surface area contributed by atoms with Crippen LogP contribution in [-0.4, -0.2) is 69.9 Å². The zero-order valence-electron chi connectivity index (χ0n) is 41.8. The number of nitrogens with zero attached hydrogens (tertiary/aromatic N) is 4. The zero-order chi connectivity index (χ0) is 46.4. The fraction of sp³-hybridized carbons (Fsp3) is 0.545. The number of aryl methyl sites for hydroxylation is 2. The number of carbonyl (C=O) groups excluding carboxylic acids is 3. The largest absolute Gasteiger partial charge is 2.00 e.